The fraction of sp³-hybridized carbons (Fsp3) is 0.333. The predicted octanol–water partition coefficient (Wildman–Crippen LogP) is 2.84. The molecule has 0 saturated carbocycles. The quantitative estimate of drug-likeness (QED) is 0.846. The molecular formula is C15H20N4O. The summed E-state index contributed by atoms with van der Waals surface area (Å²) in [6.45, 7) is 5.47. The van der Waals surface area contributed by atoms with Crippen molar-refractivity contribution in [1.29, 1.82) is 0 Å². The lowest BCUT2D eigenvalue weighted by Gasteiger charge is -2.12. The molecule has 2 N–H and O–H groups in total. The molecule has 2 aromatic rings. The van der Waals surface area contributed by atoms with E-state index >= 15 is 0 Å². The Bertz CT molecular complexity index is 572. The zero-order valence-electron chi connectivity index (χ0n) is 12.1. The second kappa shape index (κ2) is 6.75. The number of aromatic nitrogens is 2. The van der Waals surface area contributed by atoms with E-state index in [1.54, 1.807) is 7.11 Å². The van der Waals surface area contributed by atoms with Crippen molar-refractivity contribution in [3.05, 3.63) is 41.6 Å². The molecule has 1 heterocycles. The lowest BCUT2D eigenvalue weighted by atomic mass is 10.2. The number of nitrogens with one attached hydrogen (secondary N) is 2. The Labute approximate surface area is 119 Å². The fourth-order valence-electron chi connectivity index (χ4n) is 1.89. The van der Waals surface area contributed by atoms with Gasteiger partial charge in [-0.3, -0.25) is 0 Å². The van der Waals surface area contributed by atoms with E-state index in [0.29, 0.717) is 12.5 Å². The first kappa shape index (κ1) is 14.1. The SMILES string of the molecule is CCNc1ncc(C)c(NCc2ccccc2OC)n1. The molecule has 106 valence electrons. The van der Waals surface area contributed by atoms with Gasteiger partial charge in [0.15, 0.2) is 0 Å². The lowest BCUT2D eigenvalue weighted by Crippen LogP contribution is -2.08. The highest BCUT2D eigenvalue weighted by molar-refractivity contribution is 5.47. The van der Waals surface area contributed by atoms with Gasteiger partial charge in [0.2, 0.25) is 5.95 Å². The zero-order chi connectivity index (χ0) is 14.4. The van der Waals surface area contributed by atoms with Crippen LogP contribution in [0.5, 0.6) is 5.75 Å². The summed E-state index contributed by atoms with van der Waals surface area (Å²) in [7, 11) is 1.68. The summed E-state index contributed by atoms with van der Waals surface area (Å²) in [6, 6.07) is 7.94. The summed E-state index contributed by atoms with van der Waals surface area (Å²) in [4.78, 5) is 8.69. The molecule has 5 heteroatoms. The van der Waals surface area contributed by atoms with Crippen molar-refractivity contribution < 1.29 is 4.74 Å². The highest BCUT2D eigenvalue weighted by Crippen LogP contribution is 2.19. The van der Waals surface area contributed by atoms with Gasteiger partial charge in [-0.2, -0.15) is 4.98 Å². The minimum absolute atomic E-state index is 0.639. The maximum atomic E-state index is 5.34. The second-order valence-electron chi connectivity index (χ2n) is 4.42. The minimum atomic E-state index is 0.639. The normalized spacial score (nSPS) is 10.2. The molecule has 2 rings (SSSR count). The Morgan fingerprint density at radius 1 is 1.20 bits per heavy atom. The summed E-state index contributed by atoms with van der Waals surface area (Å²) in [5, 5.41) is 6.44. The van der Waals surface area contributed by atoms with E-state index in [1.807, 2.05) is 44.3 Å². The molecule has 0 amide bonds. The van der Waals surface area contributed by atoms with Crippen molar-refractivity contribution in [1.82, 2.24) is 9.97 Å². The monoisotopic (exact) mass is 272 g/mol. The van der Waals surface area contributed by atoms with Crippen LogP contribution in [0.1, 0.15) is 18.1 Å². The van der Waals surface area contributed by atoms with Gasteiger partial charge in [-0.25, -0.2) is 4.98 Å². The Morgan fingerprint density at radius 2 is 2.00 bits per heavy atom. The van der Waals surface area contributed by atoms with Gasteiger partial charge >= 0.3 is 0 Å². The third kappa shape index (κ3) is 3.38. The van der Waals surface area contributed by atoms with Gasteiger partial charge in [-0.05, 0) is 19.9 Å². The maximum Gasteiger partial charge on any atom is 0.224 e. The molecule has 0 unspecified atom stereocenters. The van der Waals surface area contributed by atoms with Crippen LogP contribution >= 0.6 is 0 Å². The van der Waals surface area contributed by atoms with Crippen LogP contribution in [0, 0.1) is 6.92 Å². The van der Waals surface area contributed by atoms with E-state index < -0.39 is 0 Å². The third-order valence-corrected chi connectivity index (χ3v) is 2.95. The van der Waals surface area contributed by atoms with Crippen LogP contribution in [0.3, 0.4) is 0 Å². The Balaban J connectivity index is 2.12. The first-order valence-electron chi connectivity index (χ1n) is 6.68. The first-order valence-corrected chi connectivity index (χ1v) is 6.68. The van der Waals surface area contributed by atoms with Crippen molar-refractivity contribution in [3.63, 3.8) is 0 Å². The number of aryl methyl sites for hydroxylation is 1. The number of methoxy groups -OCH3 is 1. The largest absolute Gasteiger partial charge is 0.496 e. The van der Waals surface area contributed by atoms with Gasteiger partial charge in [-0.1, -0.05) is 18.2 Å². The molecule has 0 atom stereocenters. The van der Waals surface area contributed by atoms with Crippen LogP contribution in [0.4, 0.5) is 11.8 Å². The van der Waals surface area contributed by atoms with Crippen molar-refractivity contribution in [3.8, 4) is 5.75 Å². The highest BCUT2D eigenvalue weighted by atomic mass is 16.5. The lowest BCUT2D eigenvalue weighted by molar-refractivity contribution is 0.410. The van der Waals surface area contributed by atoms with Crippen LogP contribution in [0.15, 0.2) is 30.5 Å². The Kier molecular flexibility index (Phi) is 4.76. The average Bonchev–Trinajstić information content (AvgIpc) is 2.48. The van der Waals surface area contributed by atoms with Crippen LogP contribution < -0.4 is 15.4 Å². The van der Waals surface area contributed by atoms with Crippen molar-refractivity contribution in [2.45, 2.75) is 20.4 Å². The van der Waals surface area contributed by atoms with E-state index in [-0.39, 0.29) is 0 Å². The zero-order valence-corrected chi connectivity index (χ0v) is 12.1. The number of rotatable bonds is 6. The van der Waals surface area contributed by atoms with Gasteiger partial charge in [-0.15, -0.1) is 0 Å². The standard InChI is InChI=1S/C15H20N4O/c1-4-16-15-18-9-11(2)14(19-15)17-10-12-7-5-6-8-13(12)20-3/h5-9H,4,10H2,1-3H3,(H2,16,17,18,19). The minimum Gasteiger partial charge on any atom is -0.496 e. The van der Waals surface area contributed by atoms with Crippen LogP contribution in [-0.4, -0.2) is 23.6 Å². The average molecular weight is 272 g/mol. The summed E-state index contributed by atoms with van der Waals surface area (Å²) in [5.41, 5.74) is 2.11. The molecule has 0 fully saturated rings. The van der Waals surface area contributed by atoms with E-state index in [4.69, 9.17) is 4.74 Å². The molecule has 5 nitrogen and oxygen atoms in total. The molecule has 0 aliphatic heterocycles. The number of anilines is 2. The maximum absolute atomic E-state index is 5.34. The molecule has 0 radical (unpaired) electrons. The smallest absolute Gasteiger partial charge is 0.224 e. The molecule has 1 aromatic carbocycles. The van der Waals surface area contributed by atoms with Gasteiger partial charge in [0.25, 0.3) is 0 Å². The predicted molar refractivity (Wildman–Crippen MR) is 81.3 cm³/mol. The Morgan fingerprint density at radius 3 is 2.75 bits per heavy atom. The van der Waals surface area contributed by atoms with Gasteiger partial charge in [0, 0.05) is 30.4 Å². The number of ether oxygens (including phenoxy) is 1. The molecule has 1 aromatic heterocycles. The molecule has 20 heavy (non-hydrogen) atoms. The second-order valence-corrected chi connectivity index (χ2v) is 4.42. The van der Waals surface area contributed by atoms with Gasteiger partial charge in [0.05, 0.1) is 7.11 Å². The summed E-state index contributed by atoms with van der Waals surface area (Å²) in [6.07, 6.45) is 1.82. The van der Waals surface area contributed by atoms with E-state index in [1.165, 1.54) is 0 Å². The molecule has 0 bridgehead atoms. The number of hydrogen-bond donors (Lipinski definition) is 2. The summed E-state index contributed by atoms with van der Waals surface area (Å²) < 4.78 is 5.34. The highest BCUT2D eigenvalue weighted by Gasteiger charge is 2.05. The number of benzene rings is 1. The molecule has 0 aliphatic rings. The molecule has 0 aliphatic carbocycles. The number of para-hydroxylation sites is 1. The van der Waals surface area contributed by atoms with Crippen LogP contribution in [-0.2, 0) is 6.54 Å². The molecule has 0 spiro atoms. The topological polar surface area (TPSA) is 59.1 Å². The first-order chi connectivity index (χ1) is 9.74. The van der Waals surface area contributed by atoms with E-state index in [9.17, 15) is 0 Å². The van der Waals surface area contributed by atoms with Gasteiger partial charge < -0.3 is 15.4 Å². The molecule has 0 saturated heterocycles. The van der Waals surface area contributed by atoms with Crippen molar-refractivity contribution >= 4 is 11.8 Å². The Hall–Kier alpha value is -2.30. The molecular weight excluding hydrogens is 252 g/mol. The van der Waals surface area contributed by atoms with Crippen LogP contribution in [0.25, 0.3) is 0 Å². The van der Waals surface area contributed by atoms with Crippen molar-refractivity contribution in [2.24, 2.45) is 0 Å². The number of hydrogen-bond acceptors (Lipinski definition) is 5. The van der Waals surface area contributed by atoms with E-state index in [0.717, 1.165) is 29.2 Å². The fourth-order valence-corrected chi connectivity index (χ4v) is 1.89. The summed E-state index contributed by atoms with van der Waals surface area (Å²) in [5.74, 6) is 2.35. The van der Waals surface area contributed by atoms with Crippen molar-refractivity contribution in [2.75, 3.05) is 24.3 Å². The number of nitrogens with zero attached hydrogens (tertiary/aromatic N) is 2. The van der Waals surface area contributed by atoms with Gasteiger partial charge in [0.1, 0.15) is 11.6 Å². The van der Waals surface area contributed by atoms with E-state index in [2.05, 4.69) is 20.6 Å². The van der Waals surface area contributed by atoms with Crippen LogP contribution in [0.2, 0.25) is 0 Å². The third-order valence-electron chi connectivity index (χ3n) is 2.95. The summed E-state index contributed by atoms with van der Waals surface area (Å²) >= 11 is 0.